The predicted octanol–water partition coefficient (Wildman–Crippen LogP) is 13.7. The monoisotopic (exact) mass is 1460 g/mol. The topological polar surface area (TPSA) is 224 Å². The lowest BCUT2D eigenvalue weighted by Crippen LogP contribution is -2.61. The molecule has 514 valence electrons. The standard InChI is InChI=1S/C10H6F9O4P.C9H6F7O4P.C8H6F5O4P.C7H10F3O4P.C7H9O4P/c1-3-5-21-24(20,22-6-4-2)23-10(18,19)8(13,14)7(11,12)9(15,16)17;1-3-5-18-21(17,19-6-4-2)20-9(15,16)7(10,11)8(12,13)14;1-3-5-15-18(14,16-6-4-2)17-8(12,13)7(9,10)11;1-3-5-12-15(11,13-6-4-2)14-7(8,9)10;1-4-6-10-12(8,9-3)11-7-5-2/h1-2H,5-6H2;1-2H,5-6H2;1-2H,5-6H2;3-4H,1-2,5-6H2;1-2H,6-7H2,3H3. The molecule has 0 aromatic heterocycles. The van der Waals surface area contributed by atoms with Gasteiger partial charge in [0, 0.05) is 7.11 Å². The van der Waals surface area contributed by atoms with Crippen LogP contribution in [0, 0.1) is 98.8 Å². The lowest BCUT2D eigenvalue weighted by Gasteiger charge is -2.33. The van der Waals surface area contributed by atoms with E-state index < -0.39 is 140 Å². The largest absolute Gasteiger partial charge is 0.531 e. The zero-order valence-corrected chi connectivity index (χ0v) is 48.2. The van der Waals surface area contributed by atoms with Crippen LogP contribution < -0.4 is 0 Å². The molecule has 0 N–H and O–H groups in total. The van der Waals surface area contributed by atoms with E-state index in [-0.39, 0.29) is 26.4 Å². The summed E-state index contributed by atoms with van der Waals surface area (Å²) in [5, 5.41) is 0. The Balaban J connectivity index is -0.000000341. The van der Waals surface area contributed by atoms with Gasteiger partial charge in [-0.05, 0) is 0 Å². The second-order valence-electron chi connectivity index (χ2n) is 13.0. The van der Waals surface area contributed by atoms with E-state index in [0.717, 1.165) is 12.2 Å². The Kier molecular flexibility index (Phi) is 41.6. The van der Waals surface area contributed by atoms with Crippen molar-refractivity contribution in [2.75, 3.05) is 73.2 Å². The highest BCUT2D eigenvalue weighted by molar-refractivity contribution is 7.49. The molecule has 0 unspecified atom stereocenters. The maximum atomic E-state index is 13.2. The van der Waals surface area contributed by atoms with Crippen molar-refractivity contribution in [1.82, 2.24) is 0 Å². The van der Waals surface area contributed by atoms with Crippen LogP contribution in [0.1, 0.15) is 0 Å². The lowest BCUT2D eigenvalue weighted by molar-refractivity contribution is -0.430. The molecule has 0 spiro atoms. The van der Waals surface area contributed by atoms with E-state index in [1.54, 1.807) is 23.7 Å². The molecule has 0 aliphatic carbocycles. The molecular formula is C41H37F24O20P5. The molecule has 0 heterocycles. The van der Waals surface area contributed by atoms with Crippen molar-refractivity contribution in [2.24, 2.45) is 0 Å². The molecule has 0 amide bonds. The number of terminal acetylenes is 8. The molecular weight excluding hydrogens is 1420 g/mol. The normalized spacial score (nSPS) is 12.9. The molecule has 0 atom stereocenters. The van der Waals surface area contributed by atoms with Crippen LogP contribution in [0.3, 0.4) is 0 Å². The molecule has 49 heteroatoms. The van der Waals surface area contributed by atoms with E-state index in [4.69, 9.17) is 12.8 Å². The molecule has 20 nitrogen and oxygen atoms in total. The summed E-state index contributed by atoms with van der Waals surface area (Å²) in [5.41, 5.74) is 0. The number of alkyl halides is 24. The fourth-order valence-electron chi connectivity index (χ4n) is 2.96. The van der Waals surface area contributed by atoms with E-state index in [2.05, 4.69) is 131 Å². The SMILES string of the molecule is C#CCOP(=O)(OC)OCC#C.C#CCOP(=O)(OCC#C)OC(F)(F)C(F)(F)C(F)(F)C(F)(F)F.C#CCOP(=O)(OCC#C)OC(F)(F)C(F)(F)C(F)(F)F.C#CCOP(=O)(OCC#C)OC(F)(F)C(F)(F)F.C=CCOP(=O)(OCC=C)OC(F)(F)F. The van der Waals surface area contributed by atoms with Gasteiger partial charge in [-0.3, -0.25) is 49.8 Å². The fourth-order valence-corrected chi connectivity index (χ4v) is 7.83. The minimum atomic E-state index is -7.24. The van der Waals surface area contributed by atoms with Crippen molar-refractivity contribution in [3.63, 3.8) is 0 Å². The highest BCUT2D eigenvalue weighted by Gasteiger charge is 2.84. The average molecular weight is 1460 g/mol. The van der Waals surface area contributed by atoms with Crippen molar-refractivity contribution in [3.05, 3.63) is 25.3 Å². The summed E-state index contributed by atoms with van der Waals surface area (Å²) in [5.74, 6) is -7.22. The summed E-state index contributed by atoms with van der Waals surface area (Å²) in [6.07, 6.45) is -3.86. The molecule has 0 radical (unpaired) electrons. The molecule has 0 rings (SSSR count). The second kappa shape index (κ2) is 40.1. The van der Waals surface area contributed by atoms with Gasteiger partial charge < -0.3 is 0 Å². The van der Waals surface area contributed by atoms with Crippen molar-refractivity contribution in [3.8, 4) is 98.8 Å². The highest BCUT2D eigenvalue weighted by Crippen LogP contribution is 2.62. The Morgan fingerprint density at radius 1 is 0.311 bits per heavy atom. The van der Waals surface area contributed by atoms with Gasteiger partial charge in [-0.1, -0.05) is 59.5 Å². The Bertz CT molecular complexity index is 2740. The Labute approximate surface area is 492 Å². The Morgan fingerprint density at radius 3 is 0.711 bits per heavy atom. The molecule has 0 saturated carbocycles. The quantitative estimate of drug-likeness (QED) is 0.0258. The van der Waals surface area contributed by atoms with Crippen LogP contribution in [0.25, 0.3) is 0 Å². The zero-order valence-electron chi connectivity index (χ0n) is 43.7. The van der Waals surface area contributed by atoms with Crippen LogP contribution in [0.2, 0.25) is 0 Å². The third-order valence-electron chi connectivity index (χ3n) is 6.43. The van der Waals surface area contributed by atoms with E-state index in [9.17, 15) is 128 Å². The zero-order chi connectivity index (χ0) is 72.2. The minimum absolute atomic E-state index is 0.143. The first kappa shape index (κ1) is 93.5. The first-order valence-corrected chi connectivity index (χ1v) is 27.9. The van der Waals surface area contributed by atoms with Crippen molar-refractivity contribution >= 4 is 39.1 Å². The van der Waals surface area contributed by atoms with Crippen molar-refractivity contribution < 1.29 is 196 Å². The summed E-state index contributed by atoms with van der Waals surface area (Å²) >= 11 is 0. The summed E-state index contributed by atoms with van der Waals surface area (Å²) in [4.78, 5) is 0. The van der Waals surface area contributed by atoms with Crippen molar-refractivity contribution in [1.29, 1.82) is 0 Å². The highest BCUT2D eigenvalue weighted by atomic mass is 31.2. The van der Waals surface area contributed by atoms with Gasteiger partial charge in [0.05, 0.1) is 13.2 Å². The van der Waals surface area contributed by atoms with Crippen LogP contribution in [0.15, 0.2) is 25.3 Å². The third-order valence-corrected chi connectivity index (χ3v) is 13.2. The third kappa shape index (κ3) is 35.0. The smallest absolute Gasteiger partial charge is 0.290 e. The lowest BCUT2D eigenvalue weighted by atomic mass is 10.1. The predicted molar refractivity (Wildman–Crippen MR) is 254 cm³/mol. The Morgan fingerprint density at radius 2 is 0.522 bits per heavy atom. The number of phosphoric ester groups is 5. The minimum Gasteiger partial charge on any atom is -0.290 e. The molecule has 0 fully saturated rings. The molecule has 0 aliphatic rings. The van der Waals surface area contributed by atoms with Gasteiger partial charge in [0.2, 0.25) is 0 Å². The molecule has 0 saturated heterocycles. The van der Waals surface area contributed by atoms with Crippen LogP contribution in [-0.4, -0.2) is 134 Å². The van der Waals surface area contributed by atoms with Crippen LogP contribution in [0.5, 0.6) is 0 Å². The molecule has 0 aliphatic heterocycles. The number of phosphoric acid groups is 5. The fraction of sp³-hybridized carbons (Fsp3) is 0.512. The molecule has 0 aromatic carbocycles. The average Bonchev–Trinajstić information content (AvgIpc) is 0.778. The number of hydrogen-bond donors (Lipinski definition) is 0. The van der Waals surface area contributed by atoms with Crippen LogP contribution in [-0.2, 0) is 90.7 Å². The summed E-state index contributed by atoms with van der Waals surface area (Å²) in [7, 11) is -23.6. The van der Waals surface area contributed by atoms with Crippen LogP contribution >= 0.6 is 39.1 Å². The number of halogens is 24. The van der Waals surface area contributed by atoms with Gasteiger partial charge in [-0.25, -0.2) is 36.4 Å². The van der Waals surface area contributed by atoms with Crippen LogP contribution in [0.4, 0.5) is 105 Å². The second-order valence-corrected chi connectivity index (χ2v) is 21.1. The summed E-state index contributed by atoms with van der Waals surface area (Å²) < 4.78 is 410. The van der Waals surface area contributed by atoms with E-state index >= 15 is 0 Å². The summed E-state index contributed by atoms with van der Waals surface area (Å²) in [6.45, 7) is -0.821. The molecule has 0 aromatic rings. The van der Waals surface area contributed by atoms with Gasteiger partial charge >= 0.3 is 100 Å². The molecule has 90 heavy (non-hydrogen) atoms. The number of rotatable bonds is 33. The van der Waals surface area contributed by atoms with Gasteiger partial charge in [0.1, 0.15) is 52.9 Å². The summed E-state index contributed by atoms with van der Waals surface area (Å²) in [6, 6.07) is 0. The van der Waals surface area contributed by atoms with Gasteiger partial charge in [-0.2, -0.15) is 96.7 Å². The number of hydrogen-bond acceptors (Lipinski definition) is 20. The van der Waals surface area contributed by atoms with E-state index in [0.29, 0.717) is 0 Å². The van der Waals surface area contributed by atoms with E-state index in [1.165, 1.54) is 19.0 Å². The first-order chi connectivity index (χ1) is 40.5. The first-order valence-electron chi connectivity index (χ1n) is 20.6. The Hall–Kier alpha value is -5.17. The van der Waals surface area contributed by atoms with Gasteiger partial charge in [0.25, 0.3) is 0 Å². The van der Waals surface area contributed by atoms with E-state index in [1.807, 2.05) is 0 Å². The van der Waals surface area contributed by atoms with Crippen molar-refractivity contribution in [2.45, 2.75) is 61.0 Å². The molecule has 0 bridgehead atoms. The maximum absolute atomic E-state index is 13.2. The van der Waals surface area contributed by atoms with Gasteiger partial charge in [-0.15, -0.1) is 77.7 Å². The maximum Gasteiger partial charge on any atom is 0.531 e. The van der Waals surface area contributed by atoms with Gasteiger partial charge in [0.15, 0.2) is 0 Å².